The van der Waals surface area contributed by atoms with Gasteiger partial charge in [-0.1, -0.05) is 12.1 Å². The molecule has 0 aliphatic rings. The van der Waals surface area contributed by atoms with E-state index in [0.29, 0.717) is 23.7 Å². The maximum Gasteiger partial charge on any atom is 0.334 e. The van der Waals surface area contributed by atoms with Crippen LogP contribution in [0.25, 0.3) is 11.0 Å². The number of carbonyl (C=O) groups is 2. The van der Waals surface area contributed by atoms with Gasteiger partial charge in [0.2, 0.25) is 0 Å². The Hall–Kier alpha value is -3.55. The molecule has 0 radical (unpaired) electrons. The molecule has 28 heavy (non-hydrogen) atoms. The Morgan fingerprint density at radius 1 is 1.14 bits per heavy atom. The number of ether oxygens (including phenoxy) is 1. The largest absolute Gasteiger partial charge is 0.490 e. The molecule has 0 aliphatic carbocycles. The predicted octanol–water partition coefficient (Wildman–Crippen LogP) is 3.68. The number of hydrazine groups is 1. The molecule has 0 bridgehead atoms. The predicted molar refractivity (Wildman–Crippen MR) is 101 cm³/mol. The summed E-state index contributed by atoms with van der Waals surface area (Å²) in [5, 5.41) is 3.53. The molecule has 146 valence electrons. The summed E-state index contributed by atoms with van der Waals surface area (Å²) in [5.41, 5.74) is 5.33. The Morgan fingerprint density at radius 2 is 1.89 bits per heavy atom. The number of amides is 3. The first-order valence-corrected chi connectivity index (χ1v) is 8.75. The molecule has 0 spiro atoms. The van der Waals surface area contributed by atoms with Gasteiger partial charge in [-0.25, -0.2) is 14.6 Å². The fraction of sp³-hybridized carbons (Fsp3) is 0.200. The van der Waals surface area contributed by atoms with Crippen LogP contribution in [0.15, 0.2) is 52.9 Å². The number of para-hydroxylation sites is 1. The number of benzene rings is 2. The number of hydrogen-bond donors (Lipinski definition) is 3. The van der Waals surface area contributed by atoms with Gasteiger partial charge in [0, 0.05) is 10.9 Å². The molecule has 1 unspecified atom stereocenters. The molecule has 7 nitrogen and oxygen atoms in total. The third-order valence-electron chi connectivity index (χ3n) is 4.00. The Balaban J connectivity index is 1.59. The third-order valence-corrected chi connectivity index (χ3v) is 4.00. The summed E-state index contributed by atoms with van der Waals surface area (Å²) in [6.07, 6.45) is 0. The second-order valence-electron chi connectivity index (χ2n) is 6.04. The van der Waals surface area contributed by atoms with Crippen LogP contribution in [-0.2, 0) is 0 Å². The van der Waals surface area contributed by atoms with Gasteiger partial charge in [0.1, 0.15) is 11.6 Å². The van der Waals surface area contributed by atoms with Crippen LogP contribution in [0.3, 0.4) is 0 Å². The van der Waals surface area contributed by atoms with Crippen molar-refractivity contribution < 1.29 is 23.1 Å². The van der Waals surface area contributed by atoms with Crippen LogP contribution in [0.5, 0.6) is 5.75 Å². The average Bonchev–Trinajstić information content (AvgIpc) is 3.12. The average molecular weight is 385 g/mol. The van der Waals surface area contributed by atoms with Gasteiger partial charge in [-0.15, -0.1) is 0 Å². The topological polar surface area (TPSA) is 92.6 Å². The smallest absolute Gasteiger partial charge is 0.334 e. The first kappa shape index (κ1) is 19.2. The van der Waals surface area contributed by atoms with Crippen LogP contribution < -0.4 is 20.9 Å². The summed E-state index contributed by atoms with van der Waals surface area (Å²) >= 11 is 0. The van der Waals surface area contributed by atoms with E-state index in [1.165, 1.54) is 12.1 Å². The lowest BCUT2D eigenvalue weighted by molar-refractivity contribution is 0.0935. The highest BCUT2D eigenvalue weighted by molar-refractivity contribution is 5.95. The molecule has 1 aromatic heterocycles. The molecule has 3 amide bonds. The van der Waals surface area contributed by atoms with Gasteiger partial charge in [-0.3, -0.25) is 10.2 Å². The Bertz CT molecular complexity index is 985. The van der Waals surface area contributed by atoms with E-state index in [4.69, 9.17) is 9.15 Å². The van der Waals surface area contributed by atoms with Crippen LogP contribution in [-0.4, -0.2) is 18.5 Å². The van der Waals surface area contributed by atoms with Crippen molar-refractivity contribution in [3.63, 3.8) is 0 Å². The molecular formula is C20H20FN3O4. The highest BCUT2D eigenvalue weighted by Gasteiger charge is 2.16. The van der Waals surface area contributed by atoms with Gasteiger partial charge in [0.05, 0.1) is 12.6 Å². The van der Waals surface area contributed by atoms with Crippen LogP contribution >= 0.6 is 0 Å². The maximum absolute atomic E-state index is 12.9. The van der Waals surface area contributed by atoms with E-state index in [1.807, 2.05) is 31.2 Å². The molecule has 3 aromatic rings. The molecule has 3 rings (SSSR count). The quantitative estimate of drug-likeness (QED) is 0.584. The van der Waals surface area contributed by atoms with Gasteiger partial charge in [0.15, 0.2) is 11.3 Å². The minimum Gasteiger partial charge on any atom is -0.490 e. The second-order valence-corrected chi connectivity index (χ2v) is 6.04. The van der Waals surface area contributed by atoms with E-state index in [9.17, 15) is 14.0 Å². The molecule has 0 fully saturated rings. The van der Waals surface area contributed by atoms with Crippen LogP contribution in [0.2, 0.25) is 0 Å². The van der Waals surface area contributed by atoms with Gasteiger partial charge in [0.25, 0.3) is 5.91 Å². The summed E-state index contributed by atoms with van der Waals surface area (Å²) < 4.78 is 24.3. The minimum atomic E-state index is -0.617. The Labute approximate surface area is 160 Å². The number of halogens is 1. The van der Waals surface area contributed by atoms with E-state index < -0.39 is 23.8 Å². The summed E-state index contributed by atoms with van der Waals surface area (Å²) in [6, 6.07) is 11.3. The van der Waals surface area contributed by atoms with Crippen molar-refractivity contribution in [1.29, 1.82) is 0 Å². The minimum absolute atomic E-state index is 0.218. The van der Waals surface area contributed by atoms with Crippen LogP contribution in [0.1, 0.15) is 36.0 Å². The highest BCUT2D eigenvalue weighted by Crippen LogP contribution is 2.31. The van der Waals surface area contributed by atoms with Crippen LogP contribution in [0, 0.1) is 5.82 Å². The Kier molecular flexibility index (Phi) is 5.78. The highest BCUT2D eigenvalue weighted by atomic mass is 19.1. The first-order chi connectivity index (χ1) is 13.5. The van der Waals surface area contributed by atoms with Crippen molar-refractivity contribution in [2.45, 2.75) is 19.9 Å². The molecule has 3 N–H and O–H groups in total. The van der Waals surface area contributed by atoms with Gasteiger partial charge < -0.3 is 14.5 Å². The monoisotopic (exact) mass is 385 g/mol. The third kappa shape index (κ3) is 4.40. The normalized spacial score (nSPS) is 11.7. The van der Waals surface area contributed by atoms with Gasteiger partial charge in [-0.2, -0.15) is 0 Å². The Morgan fingerprint density at radius 3 is 2.61 bits per heavy atom. The lowest BCUT2D eigenvalue weighted by Crippen LogP contribution is -2.47. The van der Waals surface area contributed by atoms with E-state index in [2.05, 4.69) is 16.2 Å². The van der Waals surface area contributed by atoms with Gasteiger partial charge >= 0.3 is 6.03 Å². The zero-order valence-corrected chi connectivity index (χ0v) is 15.4. The van der Waals surface area contributed by atoms with E-state index >= 15 is 0 Å². The van der Waals surface area contributed by atoms with Crippen molar-refractivity contribution in [3.05, 3.63) is 65.7 Å². The molecule has 0 saturated carbocycles. The summed E-state index contributed by atoms with van der Waals surface area (Å²) in [7, 11) is 0. The SMILES string of the molecule is CCOc1cccc2cc(C(C)NC(=O)NNC(=O)c3ccc(F)cc3)oc12. The molecule has 0 aliphatic heterocycles. The van der Waals surface area contributed by atoms with Crippen molar-refractivity contribution >= 4 is 22.9 Å². The van der Waals surface area contributed by atoms with Crippen molar-refractivity contribution in [2.24, 2.45) is 0 Å². The standard InChI is InChI=1S/C20H20FN3O4/c1-3-27-16-6-4-5-14-11-17(28-18(14)16)12(2)22-20(26)24-23-19(25)13-7-9-15(21)10-8-13/h4-12H,3H2,1-2H3,(H,23,25)(H2,22,24,26). The molecule has 0 saturated heterocycles. The lowest BCUT2D eigenvalue weighted by atomic mass is 10.2. The first-order valence-electron chi connectivity index (χ1n) is 8.75. The van der Waals surface area contributed by atoms with Crippen molar-refractivity contribution in [3.8, 4) is 5.75 Å². The molecular weight excluding hydrogens is 365 g/mol. The van der Waals surface area contributed by atoms with Gasteiger partial charge in [-0.05, 0) is 50.2 Å². The zero-order valence-electron chi connectivity index (χ0n) is 15.4. The molecule has 1 atom stereocenters. The lowest BCUT2D eigenvalue weighted by Gasteiger charge is -2.13. The summed E-state index contributed by atoms with van der Waals surface area (Å²) in [6.45, 7) is 4.15. The summed E-state index contributed by atoms with van der Waals surface area (Å²) in [4.78, 5) is 24.0. The number of hydrogen-bond acceptors (Lipinski definition) is 4. The number of fused-ring (bicyclic) bond motifs is 1. The summed E-state index contributed by atoms with van der Waals surface area (Å²) in [5.74, 6) is 0.166. The number of rotatable bonds is 5. The molecule has 1 heterocycles. The van der Waals surface area contributed by atoms with E-state index in [1.54, 1.807) is 6.92 Å². The number of nitrogens with one attached hydrogen (secondary N) is 3. The fourth-order valence-corrected chi connectivity index (χ4v) is 2.63. The van der Waals surface area contributed by atoms with Crippen molar-refractivity contribution in [2.75, 3.05) is 6.61 Å². The zero-order chi connectivity index (χ0) is 20.1. The van der Waals surface area contributed by atoms with E-state index in [-0.39, 0.29) is 5.56 Å². The van der Waals surface area contributed by atoms with Crippen molar-refractivity contribution in [1.82, 2.24) is 16.2 Å². The number of furan rings is 1. The molecule has 8 heteroatoms. The second kappa shape index (κ2) is 8.43. The fourth-order valence-electron chi connectivity index (χ4n) is 2.63. The van der Waals surface area contributed by atoms with E-state index in [0.717, 1.165) is 17.5 Å². The molecule has 2 aromatic carbocycles. The van der Waals surface area contributed by atoms with Crippen LogP contribution in [0.4, 0.5) is 9.18 Å². The maximum atomic E-state index is 12.9. The number of carbonyl (C=O) groups excluding carboxylic acids is 2. The number of urea groups is 1.